The van der Waals surface area contributed by atoms with Crippen LogP contribution < -0.4 is 11.2 Å². The van der Waals surface area contributed by atoms with Gasteiger partial charge < -0.3 is 9.47 Å². The highest BCUT2D eigenvalue weighted by molar-refractivity contribution is 7.99. The van der Waals surface area contributed by atoms with E-state index in [-0.39, 0.29) is 24.1 Å². The van der Waals surface area contributed by atoms with E-state index in [2.05, 4.69) is 4.98 Å². The fourth-order valence-corrected chi connectivity index (χ4v) is 4.60. The van der Waals surface area contributed by atoms with E-state index >= 15 is 0 Å². The number of carbonyl (C=O) groups excluding carboxylic acids is 1. The second-order valence-corrected chi connectivity index (χ2v) is 7.82. The van der Waals surface area contributed by atoms with Crippen molar-refractivity contribution >= 4 is 29.3 Å². The molecule has 1 aliphatic rings. The minimum atomic E-state index is -0.490. The molecule has 1 atom stereocenters. The first-order chi connectivity index (χ1) is 12.5. The number of hydrogen-bond acceptors (Lipinski definition) is 4. The van der Waals surface area contributed by atoms with Gasteiger partial charge in [0.25, 0.3) is 5.56 Å². The first kappa shape index (κ1) is 18.8. The van der Waals surface area contributed by atoms with E-state index in [9.17, 15) is 14.4 Å². The fraction of sp³-hybridized carbons (Fsp3) is 0.389. The monoisotopic (exact) mass is 393 g/mol. The summed E-state index contributed by atoms with van der Waals surface area (Å²) in [7, 11) is 0. The molecule has 2 heterocycles. The second kappa shape index (κ2) is 8.60. The number of aryl methyl sites for hydroxylation is 1. The van der Waals surface area contributed by atoms with Crippen molar-refractivity contribution in [3.63, 3.8) is 0 Å². The number of thioether (sulfide) groups is 1. The molecule has 3 rings (SSSR count). The topological polar surface area (TPSA) is 75.2 Å². The largest absolute Gasteiger partial charge is 0.342 e. The summed E-state index contributed by atoms with van der Waals surface area (Å²) in [5.41, 5.74) is 0.191. The van der Waals surface area contributed by atoms with Gasteiger partial charge in [-0.25, -0.2) is 4.79 Å². The van der Waals surface area contributed by atoms with Crippen molar-refractivity contribution in [2.24, 2.45) is 0 Å². The van der Waals surface area contributed by atoms with Crippen LogP contribution in [0.5, 0.6) is 0 Å². The molecule has 0 aliphatic carbocycles. The Bertz CT molecular complexity index is 895. The van der Waals surface area contributed by atoms with Gasteiger partial charge in [0, 0.05) is 54.3 Å². The lowest BCUT2D eigenvalue weighted by Crippen LogP contribution is -2.35. The molecule has 8 heteroatoms. The standard InChI is InChI=1S/C18H20ClN3O3S/c19-14-4-2-1-3-13(14)15-5-8-21(11-12-26-15)17(24)7-10-22-9-6-16(23)20-18(22)25/h1-4,6,9,15H,5,7-8,10-12H2,(H,20,23,25)/t15-/m1/s1. The van der Waals surface area contributed by atoms with Gasteiger partial charge in [-0.05, 0) is 18.1 Å². The summed E-state index contributed by atoms with van der Waals surface area (Å²) in [6.45, 7) is 1.61. The van der Waals surface area contributed by atoms with Crippen LogP contribution in [0.1, 0.15) is 23.7 Å². The third-order valence-corrected chi connectivity index (χ3v) is 6.06. The molecule has 0 bridgehead atoms. The Labute approximate surface area is 160 Å². The normalized spacial score (nSPS) is 17.7. The molecule has 26 heavy (non-hydrogen) atoms. The van der Waals surface area contributed by atoms with Crippen molar-refractivity contribution in [1.29, 1.82) is 0 Å². The molecule has 1 aromatic heterocycles. The highest BCUT2D eigenvalue weighted by Gasteiger charge is 2.23. The van der Waals surface area contributed by atoms with Gasteiger partial charge in [-0.1, -0.05) is 29.8 Å². The average molecular weight is 394 g/mol. The summed E-state index contributed by atoms with van der Waals surface area (Å²) in [5.74, 6) is 0.865. The molecule has 1 N–H and O–H groups in total. The van der Waals surface area contributed by atoms with Crippen LogP contribution in [0.15, 0.2) is 46.1 Å². The van der Waals surface area contributed by atoms with E-state index in [0.29, 0.717) is 13.1 Å². The number of benzene rings is 1. The number of halogens is 1. The number of aromatic amines is 1. The van der Waals surface area contributed by atoms with Crippen molar-refractivity contribution < 1.29 is 4.79 Å². The van der Waals surface area contributed by atoms with Gasteiger partial charge in [0.15, 0.2) is 0 Å². The average Bonchev–Trinajstić information content (AvgIpc) is 2.87. The number of rotatable bonds is 4. The molecule has 0 unspecified atom stereocenters. The molecule has 1 saturated heterocycles. The lowest BCUT2D eigenvalue weighted by Gasteiger charge is -2.20. The van der Waals surface area contributed by atoms with Crippen molar-refractivity contribution in [2.45, 2.75) is 24.6 Å². The van der Waals surface area contributed by atoms with Crippen LogP contribution in [-0.4, -0.2) is 39.2 Å². The predicted octanol–water partition coefficient (Wildman–Crippen LogP) is 2.29. The molecule has 0 radical (unpaired) electrons. The molecule has 6 nitrogen and oxygen atoms in total. The molecular formula is C18H20ClN3O3S. The number of amides is 1. The Kier molecular flexibility index (Phi) is 6.21. The quantitative estimate of drug-likeness (QED) is 0.864. The highest BCUT2D eigenvalue weighted by Crippen LogP contribution is 2.37. The van der Waals surface area contributed by atoms with Gasteiger partial charge in [0.2, 0.25) is 5.91 Å². The minimum Gasteiger partial charge on any atom is -0.342 e. The van der Waals surface area contributed by atoms with Gasteiger partial charge in [-0.15, -0.1) is 0 Å². The number of hydrogen-bond donors (Lipinski definition) is 1. The Morgan fingerprint density at radius 1 is 1.23 bits per heavy atom. The van der Waals surface area contributed by atoms with Crippen LogP contribution in [0.25, 0.3) is 0 Å². The summed E-state index contributed by atoms with van der Waals surface area (Å²) in [6, 6.07) is 9.12. The van der Waals surface area contributed by atoms with E-state index < -0.39 is 11.2 Å². The first-order valence-corrected chi connectivity index (χ1v) is 9.91. The van der Waals surface area contributed by atoms with Gasteiger partial charge in [-0.2, -0.15) is 11.8 Å². The number of nitrogens with one attached hydrogen (secondary N) is 1. The highest BCUT2D eigenvalue weighted by atomic mass is 35.5. The first-order valence-electron chi connectivity index (χ1n) is 8.48. The summed E-state index contributed by atoms with van der Waals surface area (Å²) in [5, 5.41) is 1.05. The Balaban J connectivity index is 1.58. The third-order valence-electron chi connectivity index (χ3n) is 4.41. The lowest BCUT2D eigenvalue weighted by molar-refractivity contribution is -0.131. The van der Waals surface area contributed by atoms with E-state index in [4.69, 9.17) is 11.6 Å². The maximum absolute atomic E-state index is 12.5. The van der Waals surface area contributed by atoms with Gasteiger partial charge in [0.1, 0.15) is 0 Å². The van der Waals surface area contributed by atoms with Crippen LogP contribution >= 0.6 is 23.4 Å². The van der Waals surface area contributed by atoms with Crippen molar-refractivity contribution in [3.05, 3.63) is 68.0 Å². The summed E-state index contributed by atoms with van der Waals surface area (Å²) in [6.07, 6.45) is 2.49. The maximum atomic E-state index is 12.5. The molecule has 1 aromatic carbocycles. The van der Waals surface area contributed by atoms with E-state index in [1.54, 1.807) is 0 Å². The maximum Gasteiger partial charge on any atom is 0.328 e. The van der Waals surface area contributed by atoms with Gasteiger partial charge in [-0.3, -0.25) is 14.6 Å². The van der Waals surface area contributed by atoms with Crippen molar-refractivity contribution in [2.75, 3.05) is 18.8 Å². The molecule has 2 aromatic rings. The zero-order valence-electron chi connectivity index (χ0n) is 14.2. The summed E-state index contributed by atoms with van der Waals surface area (Å²) < 4.78 is 1.35. The van der Waals surface area contributed by atoms with Crippen LogP contribution in [0.3, 0.4) is 0 Å². The van der Waals surface area contributed by atoms with Crippen molar-refractivity contribution in [1.82, 2.24) is 14.5 Å². The van der Waals surface area contributed by atoms with Crippen LogP contribution in [0, 0.1) is 0 Å². The number of nitrogens with zero attached hydrogens (tertiary/aromatic N) is 2. The molecule has 0 spiro atoms. The number of carbonyl (C=O) groups is 1. The summed E-state index contributed by atoms with van der Waals surface area (Å²) >= 11 is 8.12. The van der Waals surface area contributed by atoms with Gasteiger partial charge >= 0.3 is 5.69 Å². The Hall–Kier alpha value is -1.99. The molecule has 1 fully saturated rings. The predicted molar refractivity (Wildman–Crippen MR) is 104 cm³/mol. The van der Waals surface area contributed by atoms with E-state index in [1.165, 1.54) is 16.8 Å². The zero-order valence-corrected chi connectivity index (χ0v) is 15.8. The minimum absolute atomic E-state index is 0.0171. The van der Waals surface area contributed by atoms with Crippen LogP contribution in [-0.2, 0) is 11.3 Å². The summed E-state index contributed by atoms with van der Waals surface area (Å²) in [4.78, 5) is 39.3. The number of aromatic nitrogens is 2. The Morgan fingerprint density at radius 2 is 2.04 bits per heavy atom. The van der Waals surface area contributed by atoms with Crippen molar-refractivity contribution in [3.8, 4) is 0 Å². The van der Waals surface area contributed by atoms with Crippen LogP contribution in [0.2, 0.25) is 5.02 Å². The molecule has 1 aliphatic heterocycles. The molecule has 1 amide bonds. The Morgan fingerprint density at radius 3 is 2.81 bits per heavy atom. The van der Waals surface area contributed by atoms with Crippen LogP contribution in [0.4, 0.5) is 0 Å². The fourth-order valence-electron chi connectivity index (χ4n) is 3.00. The SMILES string of the molecule is O=C(CCn1ccc(=O)[nH]c1=O)N1CCS[C@@H](c2ccccc2Cl)CC1. The molecule has 138 valence electrons. The van der Waals surface area contributed by atoms with Gasteiger partial charge in [0.05, 0.1) is 0 Å². The molecular weight excluding hydrogens is 374 g/mol. The third kappa shape index (κ3) is 4.59. The second-order valence-electron chi connectivity index (χ2n) is 6.10. The molecule has 0 saturated carbocycles. The lowest BCUT2D eigenvalue weighted by atomic mass is 10.1. The smallest absolute Gasteiger partial charge is 0.328 e. The van der Waals surface area contributed by atoms with E-state index in [1.807, 2.05) is 40.9 Å². The zero-order chi connectivity index (χ0) is 18.5. The number of H-pyrrole nitrogens is 1. The van der Waals surface area contributed by atoms with E-state index in [0.717, 1.165) is 22.8 Å².